The van der Waals surface area contributed by atoms with Gasteiger partial charge in [-0.25, -0.2) is 9.07 Å². The quantitative estimate of drug-likeness (QED) is 0.850. The van der Waals surface area contributed by atoms with Gasteiger partial charge in [0.25, 0.3) is 0 Å². The van der Waals surface area contributed by atoms with Crippen molar-refractivity contribution < 1.29 is 13.9 Å². The minimum Gasteiger partial charge on any atom is -0.366 e. The number of aromatic nitrogens is 2. The van der Waals surface area contributed by atoms with Gasteiger partial charge in [-0.05, 0) is 30.3 Å². The van der Waals surface area contributed by atoms with Gasteiger partial charge in [-0.3, -0.25) is 4.79 Å². The molecule has 1 saturated heterocycles. The van der Waals surface area contributed by atoms with Crippen LogP contribution >= 0.6 is 0 Å². The van der Waals surface area contributed by atoms with Gasteiger partial charge in [0.05, 0.1) is 18.0 Å². The van der Waals surface area contributed by atoms with Crippen LogP contribution in [0.1, 0.15) is 5.69 Å². The monoisotopic (exact) mass is 318 g/mol. The first-order valence-electron chi connectivity index (χ1n) is 7.63. The molecule has 6 nitrogen and oxygen atoms in total. The number of carbonyl (C=O) groups is 1. The van der Waals surface area contributed by atoms with E-state index in [-0.39, 0.29) is 11.7 Å². The average Bonchev–Trinajstić information content (AvgIpc) is 3.05. The number of nitrogens with zero attached hydrogens (tertiary/aromatic N) is 2. The van der Waals surface area contributed by atoms with Crippen molar-refractivity contribution in [1.29, 1.82) is 0 Å². The largest absolute Gasteiger partial charge is 0.366 e. The maximum absolute atomic E-state index is 12.9. The standard InChI is InChI=1S/C16H19FN4O2/c17-12-1-3-14(4-2-12)21-9-6-13(20-21)5-7-19-16(22)15-11-18-8-10-23-15/h1-4,6,9,15,18H,5,7-8,10-11H2,(H,19,22). The number of rotatable bonds is 5. The molecule has 23 heavy (non-hydrogen) atoms. The summed E-state index contributed by atoms with van der Waals surface area (Å²) in [5, 5.41) is 10.4. The SMILES string of the molecule is O=C(NCCc1ccn(-c2ccc(F)cc2)n1)C1CNCCO1. The van der Waals surface area contributed by atoms with E-state index in [1.165, 1.54) is 12.1 Å². The van der Waals surface area contributed by atoms with E-state index in [4.69, 9.17) is 4.74 Å². The Morgan fingerprint density at radius 2 is 2.22 bits per heavy atom. The number of hydrogen-bond donors (Lipinski definition) is 2. The molecule has 0 spiro atoms. The number of carbonyl (C=O) groups excluding carboxylic acids is 1. The molecule has 1 aliphatic heterocycles. The van der Waals surface area contributed by atoms with Crippen LogP contribution in [0.3, 0.4) is 0 Å². The third kappa shape index (κ3) is 4.14. The average molecular weight is 318 g/mol. The van der Waals surface area contributed by atoms with Crippen LogP contribution in [0.2, 0.25) is 0 Å². The Kier molecular flexibility index (Phi) is 4.99. The molecule has 1 fully saturated rings. The second kappa shape index (κ2) is 7.34. The summed E-state index contributed by atoms with van der Waals surface area (Å²) in [7, 11) is 0. The highest BCUT2D eigenvalue weighted by atomic mass is 19.1. The van der Waals surface area contributed by atoms with Crippen molar-refractivity contribution in [2.45, 2.75) is 12.5 Å². The smallest absolute Gasteiger partial charge is 0.250 e. The molecule has 7 heteroatoms. The van der Waals surface area contributed by atoms with Crippen LogP contribution in [0.25, 0.3) is 5.69 Å². The van der Waals surface area contributed by atoms with E-state index in [9.17, 15) is 9.18 Å². The summed E-state index contributed by atoms with van der Waals surface area (Å²) in [6.45, 7) is 2.38. The fraction of sp³-hybridized carbons (Fsp3) is 0.375. The molecule has 3 rings (SSSR count). The van der Waals surface area contributed by atoms with Crippen LogP contribution in [0.15, 0.2) is 36.5 Å². The summed E-state index contributed by atoms with van der Waals surface area (Å²) in [5.41, 5.74) is 1.65. The molecule has 122 valence electrons. The van der Waals surface area contributed by atoms with Gasteiger partial charge in [0.2, 0.25) is 5.91 Å². The number of ether oxygens (including phenoxy) is 1. The summed E-state index contributed by atoms with van der Waals surface area (Å²) < 4.78 is 20.0. The lowest BCUT2D eigenvalue weighted by molar-refractivity contribution is -0.134. The predicted octanol–water partition coefficient (Wildman–Crippen LogP) is 0.658. The Bertz CT molecular complexity index is 650. The van der Waals surface area contributed by atoms with Gasteiger partial charge in [0, 0.05) is 32.3 Å². The van der Waals surface area contributed by atoms with Gasteiger partial charge in [0.15, 0.2) is 0 Å². The summed E-state index contributed by atoms with van der Waals surface area (Å²) >= 11 is 0. The Labute approximate surface area is 133 Å². The molecule has 0 saturated carbocycles. The Morgan fingerprint density at radius 3 is 2.96 bits per heavy atom. The number of hydrogen-bond acceptors (Lipinski definition) is 4. The molecule has 1 atom stereocenters. The fourth-order valence-electron chi connectivity index (χ4n) is 2.39. The van der Waals surface area contributed by atoms with E-state index in [1.807, 2.05) is 12.3 Å². The highest BCUT2D eigenvalue weighted by Crippen LogP contribution is 2.09. The normalized spacial score (nSPS) is 17.9. The first-order valence-corrected chi connectivity index (χ1v) is 7.63. The van der Waals surface area contributed by atoms with E-state index in [2.05, 4.69) is 15.7 Å². The van der Waals surface area contributed by atoms with Crippen LogP contribution in [0.5, 0.6) is 0 Å². The highest BCUT2D eigenvalue weighted by molar-refractivity contribution is 5.81. The molecule has 2 aromatic rings. The maximum atomic E-state index is 12.9. The van der Waals surface area contributed by atoms with Gasteiger partial charge in [-0.1, -0.05) is 0 Å². The first-order chi connectivity index (χ1) is 11.2. The predicted molar refractivity (Wildman–Crippen MR) is 82.8 cm³/mol. The van der Waals surface area contributed by atoms with Crippen LogP contribution < -0.4 is 10.6 Å². The summed E-state index contributed by atoms with van der Waals surface area (Å²) in [6.07, 6.45) is 2.03. The second-order valence-electron chi connectivity index (χ2n) is 5.33. The Balaban J connectivity index is 1.49. The minimum absolute atomic E-state index is 0.102. The number of halogens is 1. The van der Waals surface area contributed by atoms with Crippen LogP contribution in [0, 0.1) is 5.82 Å². The van der Waals surface area contributed by atoms with E-state index < -0.39 is 6.10 Å². The van der Waals surface area contributed by atoms with Crippen LogP contribution in [0.4, 0.5) is 4.39 Å². The molecule has 1 aliphatic rings. The van der Waals surface area contributed by atoms with Crippen molar-refractivity contribution in [3.8, 4) is 5.69 Å². The van der Waals surface area contributed by atoms with Crippen molar-refractivity contribution in [3.63, 3.8) is 0 Å². The second-order valence-corrected chi connectivity index (χ2v) is 5.33. The third-order valence-corrected chi connectivity index (χ3v) is 3.64. The lowest BCUT2D eigenvalue weighted by atomic mass is 10.2. The van der Waals surface area contributed by atoms with E-state index >= 15 is 0 Å². The van der Waals surface area contributed by atoms with Crippen molar-refractivity contribution in [1.82, 2.24) is 20.4 Å². The molecule has 2 heterocycles. The number of nitrogens with one attached hydrogen (secondary N) is 2. The third-order valence-electron chi connectivity index (χ3n) is 3.64. The van der Waals surface area contributed by atoms with Gasteiger partial charge >= 0.3 is 0 Å². The van der Waals surface area contributed by atoms with E-state index in [0.717, 1.165) is 17.9 Å². The minimum atomic E-state index is -0.416. The van der Waals surface area contributed by atoms with Gasteiger partial charge in [-0.2, -0.15) is 5.10 Å². The van der Waals surface area contributed by atoms with Gasteiger partial charge in [-0.15, -0.1) is 0 Å². The summed E-state index contributed by atoms with van der Waals surface area (Å²) in [5.74, 6) is -0.376. The molecule has 1 aromatic heterocycles. The molecular weight excluding hydrogens is 299 g/mol. The van der Waals surface area contributed by atoms with Crippen LogP contribution in [-0.4, -0.2) is 48.0 Å². The van der Waals surface area contributed by atoms with Gasteiger partial charge < -0.3 is 15.4 Å². The molecule has 2 N–H and O–H groups in total. The Morgan fingerprint density at radius 1 is 1.39 bits per heavy atom. The highest BCUT2D eigenvalue weighted by Gasteiger charge is 2.21. The molecule has 1 amide bonds. The number of amides is 1. The number of morpholine rings is 1. The zero-order valence-electron chi connectivity index (χ0n) is 12.7. The van der Waals surface area contributed by atoms with E-state index in [0.29, 0.717) is 26.1 Å². The maximum Gasteiger partial charge on any atom is 0.250 e. The van der Waals surface area contributed by atoms with E-state index in [1.54, 1.807) is 16.8 Å². The molecule has 0 radical (unpaired) electrons. The summed E-state index contributed by atoms with van der Waals surface area (Å²) in [4.78, 5) is 11.9. The number of benzene rings is 1. The van der Waals surface area contributed by atoms with Crippen molar-refractivity contribution >= 4 is 5.91 Å². The topological polar surface area (TPSA) is 68.2 Å². The Hall–Kier alpha value is -2.25. The summed E-state index contributed by atoms with van der Waals surface area (Å²) in [6, 6.07) is 8.01. The molecule has 0 aliphatic carbocycles. The lowest BCUT2D eigenvalue weighted by Crippen LogP contribution is -2.48. The zero-order chi connectivity index (χ0) is 16.1. The van der Waals surface area contributed by atoms with Crippen molar-refractivity contribution in [2.24, 2.45) is 0 Å². The molecular formula is C16H19FN4O2. The van der Waals surface area contributed by atoms with Crippen molar-refractivity contribution in [2.75, 3.05) is 26.2 Å². The fourth-order valence-corrected chi connectivity index (χ4v) is 2.39. The lowest BCUT2D eigenvalue weighted by Gasteiger charge is -2.22. The van der Waals surface area contributed by atoms with Gasteiger partial charge in [0.1, 0.15) is 11.9 Å². The first kappa shape index (κ1) is 15.6. The molecule has 0 bridgehead atoms. The van der Waals surface area contributed by atoms with Crippen molar-refractivity contribution in [3.05, 3.63) is 48.0 Å². The molecule has 1 unspecified atom stereocenters. The van der Waals surface area contributed by atoms with Crippen LogP contribution in [-0.2, 0) is 16.0 Å². The zero-order valence-corrected chi connectivity index (χ0v) is 12.7. The molecule has 1 aromatic carbocycles.